The second kappa shape index (κ2) is 8.76. The van der Waals surface area contributed by atoms with Crippen LogP contribution in [0.1, 0.15) is 38.5 Å². The number of rotatable bonds is 5. The summed E-state index contributed by atoms with van der Waals surface area (Å²) in [6, 6.07) is 3.25. The molecule has 9 nitrogen and oxygen atoms in total. The Bertz CT molecular complexity index is 926. The summed E-state index contributed by atoms with van der Waals surface area (Å²) in [5, 5.41) is 10.8. The standard InChI is InChI=1S/C18H21ClN2O7S/c19-14-6-5-13(21(24)25)11-17(14)29(26,27)20-9-7-12(8-10-20)18(23)28-16-4-2-1-3-15(16)22/h5-6,11-12,16H,1-4,7-10H2. The molecule has 1 heterocycles. The van der Waals surface area contributed by atoms with Crippen molar-refractivity contribution in [3.8, 4) is 0 Å². The van der Waals surface area contributed by atoms with Gasteiger partial charge in [-0.15, -0.1) is 0 Å². The molecular formula is C18H21ClN2O7S. The molecule has 1 aromatic carbocycles. The quantitative estimate of drug-likeness (QED) is 0.388. The van der Waals surface area contributed by atoms with Crippen LogP contribution >= 0.6 is 11.6 Å². The number of nitro groups is 1. The van der Waals surface area contributed by atoms with E-state index in [1.165, 1.54) is 6.07 Å². The first kappa shape index (κ1) is 21.7. The van der Waals surface area contributed by atoms with Gasteiger partial charge >= 0.3 is 5.97 Å². The second-order valence-electron chi connectivity index (χ2n) is 7.19. The summed E-state index contributed by atoms with van der Waals surface area (Å²) in [6.45, 7) is 0.111. The van der Waals surface area contributed by atoms with Gasteiger partial charge < -0.3 is 4.74 Å². The maximum absolute atomic E-state index is 12.9. The number of halogens is 1. The van der Waals surface area contributed by atoms with Crippen molar-refractivity contribution in [1.82, 2.24) is 4.31 Å². The van der Waals surface area contributed by atoms with Gasteiger partial charge in [-0.05, 0) is 38.2 Å². The van der Waals surface area contributed by atoms with Crippen LogP contribution in [0.4, 0.5) is 5.69 Å². The Hall–Kier alpha value is -2.04. The van der Waals surface area contributed by atoms with Gasteiger partial charge in [0.15, 0.2) is 11.9 Å². The highest BCUT2D eigenvalue weighted by Gasteiger charge is 2.36. The smallest absolute Gasteiger partial charge is 0.309 e. The largest absolute Gasteiger partial charge is 0.454 e. The summed E-state index contributed by atoms with van der Waals surface area (Å²) in [7, 11) is -4.04. The first-order valence-corrected chi connectivity index (χ1v) is 11.2. The van der Waals surface area contributed by atoms with Crippen molar-refractivity contribution in [3.63, 3.8) is 0 Å². The number of carbonyl (C=O) groups is 2. The number of hydrogen-bond acceptors (Lipinski definition) is 7. The Balaban J connectivity index is 1.65. The first-order chi connectivity index (χ1) is 13.7. The lowest BCUT2D eigenvalue weighted by molar-refractivity contribution is -0.385. The van der Waals surface area contributed by atoms with Gasteiger partial charge in [-0.3, -0.25) is 19.7 Å². The van der Waals surface area contributed by atoms with Crippen LogP contribution in [0.2, 0.25) is 5.02 Å². The van der Waals surface area contributed by atoms with Gasteiger partial charge in [0.05, 0.1) is 15.9 Å². The molecule has 0 amide bonds. The van der Waals surface area contributed by atoms with Crippen molar-refractivity contribution >= 4 is 39.1 Å². The van der Waals surface area contributed by atoms with Crippen molar-refractivity contribution in [2.75, 3.05) is 13.1 Å². The fraction of sp³-hybridized carbons (Fsp3) is 0.556. The average molecular weight is 445 g/mol. The summed E-state index contributed by atoms with van der Waals surface area (Å²) in [5.74, 6) is -1.03. The van der Waals surface area contributed by atoms with Crippen LogP contribution in [0.25, 0.3) is 0 Å². The zero-order chi connectivity index (χ0) is 21.2. The van der Waals surface area contributed by atoms with E-state index < -0.39 is 32.9 Å². The van der Waals surface area contributed by atoms with Gasteiger partial charge in [0.1, 0.15) is 4.90 Å². The molecule has 1 aliphatic carbocycles. The van der Waals surface area contributed by atoms with Crippen LogP contribution in [0, 0.1) is 16.0 Å². The van der Waals surface area contributed by atoms with Crippen LogP contribution in [0.15, 0.2) is 23.1 Å². The molecule has 1 saturated carbocycles. The van der Waals surface area contributed by atoms with E-state index in [9.17, 15) is 28.1 Å². The summed E-state index contributed by atoms with van der Waals surface area (Å²) in [6.07, 6.45) is 2.38. The Morgan fingerprint density at radius 3 is 2.52 bits per heavy atom. The normalized spacial score (nSPS) is 21.7. The third-order valence-corrected chi connectivity index (χ3v) is 7.67. The number of ether oxygens (including phenoxy) is 1. The SMILES string of the molecule is O=C(OC1CCCCC1=O)C1CCN(S(=O)(=O)c2cc([N+](=O)[O-])ccc2Cl)CC1. The number of non-ortho nitro benzene ring substituents is 1. The number of Topliss-reactive ketones (excluding diaryl/α,β-unsaturated/α-hetero) is 1. The van der Waals surface area contributed by atoms with Gasteiger partial charge in [-0.2, -0.15) is 4.31 Å². The highest BCUT2D eigenvalue weighted by Crippen LogP contribution is 2.31. The van der Waals surface area contributed by atoms with Gasteiger partial charge in [0, 0.05) is 31.6 Å². The van der Waals surface area contributed by atoms with Crippen molar-refractivity contribution in [3.05, 3.63) is 33.3 Å². The monoisotopic (exact) mass is 444 g/mol. The summed E-state index contributed by atoms with van der Waals surface area (Å²) in [5.41, 5.74) is -0.372. The minimum absolute atomic E-state index is 0.0553. The molecule has 2 fully saturated rings. The van der Waals surface area contributed by atoms with Crippen molar-refractivity contribution in [2.24, 2.45) is 5.92 Å². The van der Waals surface area contributed by atoms with Crippen LogP contribution in [0.3, 0.4) is 0 Å². The van der Waals surface area contributed by atoms with E-state index in [0.29, 0.717) is 12.8 Å². The third kappa shape index (κ3) is 4.76. The fourth-order valence-corrected chi connectivity index (χ4v) is 5.55. The first-order valence-electron chi connectivity index (χ1n) is 9.37. The third-order valence-electron chi connectivity index (χ3n) is 5.29. The van der Waals surface area contributed by atoms with Gasteiger partial charge in [0.25, 0.3) is 5.69 Å². The molecule has 0 spiro atoms. The number of hydrogen-bond donors (Lipinski definition) is 0. The van der Waals surface area contributed by atoms with Crippen LogP contribution in [0.5, 0.6) is 0 Å². The fourth-order valence-electron chi connectivity index (χ4n) is 3.59. The van der Waals surface area contributed by atoms with Crippen LogP contribution < -0.4 is 0 Å². The number of nitrogens with zero attached hydrogens (tertiary/aromatic N) is 2. The predicted octanol–water partition coefficient (Wildman–Crippen LogP) is 2.70. The van der Waals surface area contributed by atoms with Gasteiger partial charge in [-0.1, -0.05) is 11.6 Å². The zero-order valence-electron chi connectivity index (χ0n) is 15.6. The molecule has 1 saturated heterocycles. The van der Waals surface area contributed by atoms with E-state index in [2.05, 4.69) is 0 Å². The maximum atomic E-state index is 12.9. The highest BCUT2D eigenvalue weighted by atomic mass is 35.5. The molecule has 0 aromatic heterocycles. The molecule has 158 valence electrons. The Labute approximate surface area is 173 Å². The van der Waals surface area contributed by atoms with Gasteiger partial charge in [-0.25, -0.2) is 8.42 Å². The Kier molecular flexibility index (Phi) is 6.55. The lowest BCUT2D eigenvalue weighted by Gasteiger charge is -2.31. The lowest BCUT2D eigenvalue weighted by Crippen LogP contribution is -2.42. The van der Waals surface area contributed by atoms with Crippen molar-refractivity contribution < 1.29 is 27.7 Å². The van der Waals surface area contributed by atoms with E-state index in [1.54, 1.807) is 0 Å². The summed E-state index contributed by atoms with van der Waals surface area (Å²) < 4.78 is 32.3. The lowest BCUT2D eigenvalue weighted by atomic mass is 9.95. The average Bonchev–Trinajstić information content (AvgIpc) is 2.69. The number of carbonyl (C=O) groups excluding carboxylic acids is 2. The minimum Gasteiger partial charge on any atom is -0.454 e. The van der Waals surface area contributed by atoms with E-state index in [1.807, 2.05) is 0 Å². The van der Waals surface area contributed by atoms with E-state index in [-0.39, 0.29) is 47.3 Å². The molecule has 1 aliphatic heterocycles. The molecule has 2 aliphatic rings. The number of esters is 1. The summed E-state index contributed by atoms with van der Waals surface area (Å²) >= 11 is 5.97. The van der Waals surface area contributed by atoms with E-state index in [0.717, 1.165) is 29.3 Å². The molecular weight excluding hydrogens is 424 g/mol. The second-order valence-corrected chi connectivity index (χ2v) is 9.50. The van der Waals surface area contributed by atoms with Crippen LogP contribution in [-0.4, -0.2) is 48.6 Å². The predicted molar refractivity (Wildman–Crippen MR) is 103 cm³/mol. The van der Waals surface area contributed by atoms with Crippen LogP contribution in [-0.2, 0) is 24.3 Å². The molecule has 0 bridgehead atoms. The zero-order valence-corrected chi connectivity index (χ0v) is 17.2. The highest BCUT2D eigenvalue weighted by molar-refractivity contribution is 7.89. The van der Waals surface area contributed by atoms with Gasteiger partial charge in [0.2, 0.25) is 10.0 Å². The molecule has 0 N–H and O–H groups in total. The summed E-state index contributed by atoms with van der Waals surface area (Å²) in [4.78, 5) is 34.1. The molecule has 3 rings (SSSR count). The topological polar surface area (TPSA) is 124 Å². The molecule has 0 radical (unpaired) electrons. The molecule has 1 aromatic rings. The Morgan fingerprint density at radius 2 is 1.90 bits per heavy atom. The molecule has 29 heavy (non-hydrogen) atoms. The van der Waals surface area contributed by atoms with Crippen molar-refractivity contribution in [2.45, 2.75) is 49.5 Å². The number of ketones is 1. The van der Waals surface area contributed by atoms with Crippen molar-refractivity contribution in [1.29, 1.82) is 0 Å². The Morgan fingerprint density at radius 1 is 1.21 bits per heavy atom. The molecule has 1 atom stereocenters. The number of benzene rings is 1. The van der Waals surface area contributed by atoms with E-state index >= 15 is 0 Å². The number of piperidine rings is 1. The number of nitro benzene ring substituents is 1. The molecule has 11 heteroatoms. The number of sulfonamides is 1. The molecule has 1 unspecified atom stereocenters. The maximum Gasteiger partial charge on any atom is 0.309 e. The minimum atomic E-state index is -4.04. The van der Waals surface area contributed by atoms with E-state index in [4.69, 9.17) is 16.3 Å².